The largest absolute Gasteiger partial charge is 0.289 e. The van der Waals surface area contributed by atoms with Gasteiger partial charge in [-0.25, -0.2) is 9.13 Å². The van der Waals surface area contributed by atoms with Crippen molar-refractivity contribution in [2.75, 3.05) is 0 Å². The third kappa shape index (κ3) is 1.70. The van der Waals surface area contributed by atoms with Crippen molar-refractivity contribution in [3.05, 3.63) is 66.2 Å². The fourth-order valence-electron chi connectivity index (χ4n) is 3.52. The van der Waals surface area contributed by atoms with Crippen molar-refractivity contribution >= 4 is 21.8 Å². The van der Waals surface area contributed by atoms with E-state index in [0.29, 0.717) is 0 Å². The monoisotopic (exact) mass is 287 g/mol. The quantitative estimate of drug-likeness (QED) is 0.465. The van der Waals surface area contributed by atoms with Gasteiger partial charge in [-0.3, -0.25) is 0 Å². The highest BCUT2D eigenvalue weighted by Gasteiger charge is 2.23. The van der Waals surface area contributed by atoms with Gasteiger partial charge >= 0.3 is 0 Å². The van der Waals surface area contributed by atoms with Crippen LogP contribution in [0.3, 0.4) is 0 Å². The number of para-hydroxylation sites is 2. The average Bonchev–Trinajstić information content (AvgIpc) is 2.81. The van der Waals surface area contributed by atoms with Crippen LogP contribution in [0.5, 0.6) is 0 Å². The molecule has 0 spiro atoms. The molecule has 0 aliphatic rings. The molecule has 3 aromatic carbocycles. The van der Waals surface area contributed by atoms with E-state index in [1.165, 1.54) is 38.8 Å². The van der Waals surface area contributed by atoms with Crippen molar-refractivity contribution in [2.24, 2.45) is 14.1 Å². The first-order valence-electron chi connectivity index (χ1n) is 7.60. The van der Waals surface area contributed by atoms with E-state index in [9.17, 15) is 0 Å². The van der Waals surface area contributed by atoms with Gasteiger partial charge in [0.15, 0.2) is 11.0 Å². The lowest BCUT2D eigenvalue weighted by molar-refractivity contribution is -0.634. The van der Waals surface area contributed by atoms with Gasteiger partial charge in [-0.05, 0) is 41.5 Å². The number of aryl methyl sites for hydroxylation is 3. The second-order valence-electron chi connectivity index (χ2n) is 5.89. The van der Waals surface area contributed by atoms with Crippen LogP contribution in [0.2, 0.25) is 0 Å². The fraction of sp³-hybridized carbons (Fsp3) is 0.150. The second kappa shape index (κ2) is 4.70. The van der Waals surface area contributed by atoms with Gasteiger partial charge in [-0.2, -0.15) is 0 Å². The highest BCUT2D eigenvalue weighted by atomic mass is 15.1. The van der Waals surface area contributed by atoms with Crippen molar-refractivity contribution in [2.45, 2.75) is 6.92 Å². The molecule has 0 fully saturated rings. The van der Waals surface area contributed by atoms with Crippen molar-refractivity contribution in [3.8, 4) is 11.4 Å². The van der Waals surface area contributed by atoms with E-state index in [1.807, 2.05) is 0 Å². The molecular weight excluding hydrogens is 268 g/mol. The maximum Gasteiger partial charge on any atom is 0.289 e. The van der Waals surface area contributed by atoms with Gasteiger partial charge in [0.25, 0.3) is 5.82 Å². The molecule has 0 saturated carbocycles. The lowest BCUT2D eigenvalue weighted by Crippen LogP contribution is -2.30. The second-order valence-corrected chi connectivity index (χ2v) is 5.89. The third-order valence-corrected chi connectivity index (χ3v) is 4.68. The van der Waals surface area contributed by atoms with Crippen LogP contribution in [0.15, 0.2) is 60.7 Å². The zero-order valence-electron chi connectivity index (χ0n) is 13.2. The summed E-state index contributed by atoms with van der Waals surface area (Å²) in [4.78, 5) is 0. The van der Waals surface area contributed by atoms with Crippen molar-refractivity contribution in [1.29, 1.82) is 0 Å². The van der Waals surface area contributed by atoms with Gasteiger partial charge in [0.2, 0.25) is 0 Å². The summed E-state index contributed by atoms with van der Waals surface area (Å²) in [5.41, 5.74) is 5.14. The molecule has 0 saturated heterocycles. The first-order chi connectivity index (χ1) is 10.7. The first kappa shape index (κ1) is 13.1. The van der Waals surface area contributed by atoms with E-state index < -0.39 is 0 Å². The van der Waals surface area contributed by atoms with Crippen LogP contribution in [0.4, 0.5) is 0 Å². The number of imidazole rings is 1. The Morgan fingerprint density at radius 1 is 0.864 bits per heavy atom. The summed E-state index contributed by atoms with van der Waals surface area (Å²) < 4.78 is 4.57. The molecule has 0 aliphatic carbocycles. The molecule has 1 aromatic heterocycles. The molecule has 0 radical (unpaired) electrons. The Balaban J connectivity index is 2.10. The van der Waals surface area contributed by atoms with Crippen LogP contribution in [0, 0.1) is 6.92 Å². The van der Waals surface area contributed by atoms with Gasteiger partial charge in [0.05, 0.1) is 19.7 Å². The standard InChI is InChI=1S/C20H19N2/c1-14-16-9-5-4-8-15(16)12-13-17(14)20-21(2)18-10-6-7-11-19(18)22(20)3/h4-13H,1-3H3/q+1. The zero-order valence-corrected chi connectivity index (χ0v) is 13.2. The SMILES string of the molecule is Cc1c(-c2n(C)c3ccccc3[n+]2C)ccc2ccccc12. The topological polar surface area (TPSA) is 8.81 Å². The molecule has 2 heteroatoms. The number of hydrogen-bond acceptors (Lipinski definition) is 0. The normalized spacial score (nSPS) is 11.4. The Kier molecular flexibility index (Phi) is 2.80. The Morgan fingerprint density at radius 2 is 1.59 bits per heavy atom. The zero-order chi connectivity index (χ0) is 15.3. The number of fused-ring (bicyclic) bond motifs is 2. The molecule has 4 aromatic rings. The van der Waals surface area contributed by atoms with Gasteiger partial charge in [0, 0.05) is 0 Å². The molecule has 0 aliphatic heterocycles. The van der Waals surface area contributed by atoms with Gasteiger partial charge < -0.3 is 0 Å². The van der Waals surface area contributed by atoms with Crippen LogP contribution in [-0.4, -0.2) is 4.57 Å². The molecule has 0 atom stereocenters. The third-order valence-electron chi connectivity index (χ3n) is 4.68. The summed E-state index contributed by atoms with van der Waals surface area (Å²) in [6.45, 7) is 2.22. The summed E-state index contributed by atoms with van der Waals surface area (Å²) in [5.74, 6) is 1.24. The molecule has 0 bridgehead atoms. The maximum atomic E-state index is 2.28. The molecule has 2 nitrogen and oxygen atoms in total. The van der Waals surface area contributed by atoms with Crippen LogP contribution < -0.4 is 4.57 Å². The number of benzene rings is 3. The van der Waals surface area contributed by atoms with E-state index in [-0.39, 0.29) is 0 Å². The summed E-state index contributed by atoms with van der Waals surface area (Å²) in [7, 11) is 4.29. The summed E-state index contributed by atoms with van der Waals surface area (Å²) in [6.07, 6.45) is 0. The van der Waals surface area contributed by atoms with Crippen LogP contribution in [-0.2, 0) is 14.1 Å². The minimum Gasteiger partial charge on any atom is -0.226 e. The minimum absolute atomic E-state index is 1.24. The Bertz CT molecular complexity index is 970. The van der Waals surface area contributed by atoms with Crippen LogP contribution in [0.25, 0.3) is 33.2 Å². The molecule has 4 rings (SSSR count). The van der Waals surface area contributed by atoms with Gasteiger partial charge in [0.1, 0.15) is 0 Å². The van der Waals surface area contributed by atoms with Gasteiger partial charge in [-0.15, -0.1) is 0 Å². The highest BCUT2D eigenvalue weighted by molar-refractivity contribution is 5.91. The molecule has 108 valence electrons. The molecule has 0 unspecified atom stereocenters. The highest BCUT2D eigenvalue weighted by Crippen LogP contribution is 2.29. The number of hydrogen-bond donors (Lipinski definition) is 0. The first-order valence-corrected chi connectivity index (χ1v) is 7.60. The van der Waals surface area contributed by atoms with Crippen LogP contribution in [0.1, 0.15) is 5.56 Å². The minimum atomic E-state index is 1.24. The molecule has 1 heterocycles. The average molecular weight is 287 g/mol. The Morgan fingerprint density at radius 3 is 2.41 bits per heavy atom. The molecule has 0 amide bonds. The summed E-state index contributed by atoms with van der Waals surface area (Å²) in [6, 6.07) is 21.6. The number of nitrogens with zero attached hydrogens (tertiary/aromatic N) is 2. The molecule has 0 N–H and O–H groups in total. The Labute approximate surface area is 130 Å². The predicted octanol–water partition coefficient (Wildman–Crippen LogP) is 4.13. The van der Waals surface area contributed by atoms with Crippen molar-refractivity contribution in [1.82, 2.24) is 4.57 Å². The molecular formula is C20H19N2+. The maximum absolute atomic E-state index is 2.28. The lowest BCUT2D eigenvalue weighted by atomic mass is 9.99. The van der Waals surface area contributed by atoms with E-state index in [1.54, 1.807) is 0 Å². The van der Waals surface area contributed by atoms with Gasteiger partial charge in [-0.1, -0.05) is 42.5 Å². The fourth-order valence-corrected chi connectivity index (χ4v) is 3.52. The van der Waals surface area contributed by atoms with E-state index in [4.69, 9.17) is 0 Å². The van der Waals surface area contributed by atoms with E-state index in [2.05, 4.69) is 90.8 Å². The predicted molar refractivity (Wildman–Crippen MR) is 91.8 cm³/mol. The van der Waals surface area contributed by atoms with E-state index in [0.717, 1.165) is 0 Å². The summed E-state index contributed by atoms with van der Waals surface area (Å²) in [5, 5.41) is 2.62. The Hall–Kier alpha value is -2.61. The number of aromatic nitrogens is 2. The molecule has 22 heavy (non-hydrogen) atoms. The smallest absolute Gasteiger partial charge is 0.226 e. The number of rotatable bonds is 1. The van der Waals surface area contributed by atoms with E-state index >= 15 is 0 Å². The van der Waals surface area contributed by atoms with Crippen LogP contribution >= 0.6 is 0 Å². The van der Waals surface area contributed by atoms with Crippen molar-refractivity contribution in [3.63, 3.8) is 0 Å². The van der Waals surface area contributed by atoms with Crippen molar-refractivity contribution < 1.29 is 4.57 Å². The summed E-state index contributed by atoms with van der Waals surface area (Å²) >= 11 is 0. The lowest BCUT2D eigenvalue weighted by Gasteiger charge is -2.07.